The average Bonchev–Trinajstić information content (AvgIpc) is 2.41. The molecule has 0 fully saturated rings. The Morgan fingerprint density at radius 2 is 1.80 bits per heavy atom. The second-order valence-electron chi connectivity index (χ2n) is 3.91. The molecule has 106 valence electrons. The Morgan fingerprint density at radius 3 is 2.35 bits per heavy atom. The highest BCUT2D eigenvalue weighted by Crippen LogP contribution is 2.23. The minimum Gasteiger partial charge on any atom is -0.494 e. The lowest BCUT2D eigenvalue weighted by Gasteiger charge is -2.09. The van der Waals surface area contributed by atoms with Crippen molar-refractivity contribution in [2.75, 3.05) is 11.8 Å². The van der Waals surface area contributed by atoms with Crippen LogP contribution in [0.2, 0.25) is 0 Å². The molecule has 0 aliphatic rings. The third-order valence-electron chi connectivity index (χ3n) is 2.53. The number of benzene rings is 2. The summed E-state index contributed by atoms with van der Waals surface area (Å²) in [5, 5.41) is 0. The van der Waals surface area contributed by atoms with Crippen LogP contribution in [0.5, 0.6) is 5.75 Å². The van der Waals surface area contributed by atoms with Crippen LogP contribution in [-0.2, 0) is 10.0 Å². The summed E-state index contributed by atoms with van der Waals surface area (Å²) in [6, 6.07) is 10.1. The lowest BCUT2D eigenvalue weighted by molar-refractivity contribution is 0.385. The summed E-state index contributed by atoms with van der Waals surface area (Å²) in [5.41, 5.74) is 0.393. The van der Waals surface area contributed by atoms with Gasteiger partial charge in [0.25, 0.3) is 10.0 Å². The largest absolute Gasteiger partial charge is 0.494 e. The van der Waals surface area contributed by atoms with Crippen LogP contribution in [0, 0.1) is 5.82 Å². The molecule has 1 N–H and O–H groups in total. The summed E-state index contributed by atoms with van der Waals surface area (Å²) in [6.07, 6.45) is 0. The fourth-order valence-corrected chi connectivity index (χ4v) is 2.88. The molecule has 0 amide bonds. The summed E-state index contributed by atoms with van der Waals surface area (Å²) < 4.78 is 45.7. The predicted octanol–water partition coefficient (Wildman–Crippen LogP) is 3.40. The molecular weight excluding hydrogens is 349 g/mol. The van der Waals surface area contributed by atoms with Crippen molar-refractivity contribution < 1.29 is 17.5 Å². The summed E-state index contributed by atoms with van der Waals surface area (Å²) >= 11 is 3.25. The van der Waals surface area contributed by atoms with E-state index in [0.29, 0.717) is 5.69 Å². The maximum Gasteiger partial charge on any atom is 0.262 e. The molecule has 0 unspecified atom stereocenters. The van der Waals surface area contributed by atoms with Crippen molar-refractivity contribution in [1.82, 2.24) is 0 Å². The zero-order valence-electron chi connectivity index (χ0n) is 10.4. The molecule has 0 saturated carbocycles. The Labute approximate surface area is 124 Å². The number of nitrogens with one attached hydrogen (secondary N) is 1. The molecule has 0 radical (unpaired) electrons. The molecule has 7 heteroatoms. The van der Waals surface area contributed by atoms with Gasteiger partial charge in [0.05, 0.1) is 12.0 Å². The standard InChI is InChI=1S/C13H11BrFNO3S/c1-19-13-7-6-11(8-12(13)15)20(17,18)16-10-4-2-9(14)3-5-10/h2-8,16H,1H3. The number of anilines is 1. The molecule has 2 aromatic rings. The first kappa shape index (κ1) is 14.8. The SMILES string of the molecule is COc1ccc(S(=O)(=O)Nc2ccc(Br)cc2)cc1F. The van der Waals surface area contributed by atoms with E-state index in [-0.39, 0.29) is 10.6 Å². The highest BCUT2D eigenvalue weighted by Gasteiger charge is 2.16. The van der Waals surface area contributed by atoms with Crippen molar-refractivity contribution in [2.45, 2.75) is 4.90 Å². The molecular formula is C13H11BrFNO3S. The normalized spacial score (nSPS) is 11.2. The van der Waals surface area contributed by atoms with Gasteiger partial charge in [0.15, 0.2) is 11.6 Å². The van der Waals surface area contributed by atoms with Gasteiger partial charge >= 0.3 is 0 Å². The molecule has 0 aromatic heterocycles. The van der Waals surface area contributed by atoms with Crippen LogP contribution in [0.4, 0.5) is 10.1 Å². The summed E-state index contributed by atoms with van der Waals surface area (Å²) in [5.74, 6) is -0.737. The van der Waals surface area contributed by atoms with Gasteiger partial charge in [-0.2, -0.15) is 0 Å². The molecule has 2 rings (SSSR count). The second-order valence-corrected chi connectivity index (χ2v) is 6.51. The average molecular weight is 360 g/mol. The van der Waals surface area contributed by atoms with Crippen molar-refractivity contribution in [1.29, 1.82) is 0 Å². The molecule has 0 saturated heterocycles. The fourth-order valence-electron chi connectivity index (χ4n) is 1.55. The van der Waals surface area contributed by atoms with Crippen molar-refractivity contribution in [3.63, 3.8) is 0 Å². The predicted molar refractivity (Wildman–Crippen MR) is 77.9 cm³/mol. The third-order valence-corrected chi connectivity index (χ3v) is 4.44. The van der Waals surface area contributed by atoms with Gasteiger partial charge in [-0.15, -0.1) is 0 Å². The maximum atomic E-state index is 13.5. The minimum absolute atomic E-state index is 0.00686. The van der Waals surface area contributed by atoms with Gasteiger partial charge in [-0.1, -0.05) is 15.9 Å². The molecule has 20 heavy (non-hydrogen) atoms. The Hall–Kier alpha value is -1.60. The second kappa shape index (κ2) is 5.80. The van der Waals surface area contributed by atoms with Crippen molar-refractivity contribution in [3.8, 4) is 5.75 Å². The Balaban J connectivity index is 2.30. The number of ether oxygens (including phenoxy) is 1. The van der Waals surface area contributed by atoms with E-state index in [9.17, 15) is 12.8 Å². The van der Waals surface area contributed by atoms with E-state index in [4.69, 9.17) is 4.74 Å². The van der Waals surface area contributed by atoms with E-state index in [1.54, 1.807) is 24.3 Å². The van der Waals surface area contributed by atoms with Crippen LogP contribution in [0.1, 0.15) is 0 Å². The number of hydrogen-bond acceptors (Lipinski definition) is 3. The lowest BCUT2D eigenvalue weighted by Crippen LogP contribution is -2.13. The first-order valence-electron chi connectivity index (χ1n) is 5.54. The highest BCUT2D eigenvalue weighted by atomic mass is 79.9. The van der Waals surface area contributed by atoms with E-state index in [0.717, 1.165) is 10.5 Å². The Kier molecular flexibility index (Phi) is 4.29. The van der Waals surface area contributed by atoms with E-state index in [1.165, 1.54) is 19.2 Å². The number of sulfonamides is 1. The zero-order valence-corrected chi connectivity index (χ0v) is 12.8. The van der Waals surface area contributed by atoms with Gasteiger partial charge in [-0.25, -0.2) is 12.8 Å². The van der Waals surface area contributed by atoms with Crippen LogP contribution in [0.15, 0.2) is 51.8 Å². The summed E-state index contributed by atoms with van der Waals surface area (Å²) in [6.45, 7) is 0. The Bertz CT molecular complexity index is 717. The molecule has 0 heterocycles. The lowest BCUT2D eigenvalue weighted by atomic mass is 10.3. The molecule has 0 aliphatic carbocycles. The van der Waals surface area contributed by atoms with Gasteiger partial charge in [-0.3, -0.25) is 4.72 Å². The molecule has 0 atom stereocenters. The van der Waals surface area contributed by atoms with Gasteiger partial charge in [0.1, 0.15) is 0 Å². The number of hydrogen-bond donors (Lipinski definition) is 1. The van der Waals surface area contributed by atoms with E-state index >= 15 is 0 Å². The van der Waals surface area contributed by atoms with E-state index in [2.05, 4.69) is 20.7 Å². The summed E-state index contributed by atoms with van der Waals surface area (Å²) in [4.78, 5) is -0.168. The molecule has 0 bridgehead atoms. The van der Waals surface area contributed by atoms with Gasteiger partial charge < -0.3 is 4.74 Å². The quantitative estimate of drug-likeness (QED) is 0.909. The van der Waals surface area contributed by atoms with E-state index < -0.39 is 15.8 Å². The van der Waals surface area contributed by atoms with Crippen LogP contribution in [-0.4, -0.2) is 15.5 Å². The van der Waals surface area contributed by atoms with Crippen LogP contribution >= 0.6 is 15.9 Å². The third kappa shape index (κ3) is 3.29. The minimum atomic E-state index is -3.83. The van der Waals surface area contributed by atoms with Crippen molar-refractivity contribution in [2.24, 2.45) is 0 Å². The molecule has 2 aromatic carbocycles. The molecule has 4 nitrogen and oxygen atoms in total. The van der Waals surface area contributed by atoms with Crippen LogP contribution in [0.25, 0.3) is 0 Å². The zero-order chi connectivity index (χ0) is 14.8. The number of halogens is 2. The van der Waals surface area contributed by atoms with Gasteiger partial charge in [-0.05, 0) is 42.5 Å². The van der Waals surface area contributed by atoms with Crippen molar-refractivity contribution in [3.05, 3.63) is 52.8 Å². The van der Waals surface area contributed by atoms with Crippen LogP contribution < -0.4 is 9.46 Å². The molecule has 0 aliphatic heterocycles. The fraction of sp³-hybridized carbons (Fsp3) is 0.0769. The van der Waals surface area contributed by atoms with Gasteiger partial charge in [0.2, 0.25) is 0 Å². The Morgan fingerprint density at radius 1 is 1.15 bits per heavy atom. The molecule has 0 spiro atoms. The first-order valence-corrected chi connectivity index (χ1v) is 7.82. The maximum absolute atomic E-state index is 13.5. The first-order chi connectivity index (χ1) is 9.42. The monoisotopic (exact) mass is 359 g/mol. The summed E-state index contributed by atoms with van der Waals surface area (Å²) in [7, 11) is -2.52. The highest BCUT2D eigenvalue weighted by molar-refractivity contribution is 9.10. The number of methoxy groups -OCH3 is 1. The van der Waals surface area contributed by atoms with Crippen LogP contribution in [0.3, 0.4) is 0 Å². The van der Waals surface area contributed by atoms with Crippen molar-refractivity contribution >= 4 is 31.6 Å². The number of rotatable bonds is 4. The van der Waals surface area contributed by atoms with Gasteiger partial charge in [0, 0.05) is 10.2 Å². The smallest absolute Gasteiger partial charge is 0.262 e. The topological polar surface area (TPSA) is 55.4 Å². The van der Waals surface area contributed by atoms with E-state index in [1.807, 2.05) is 0 Å².